The van der Waals surface area contributed by atoms with Gasteiger partial charge in [0.05, 0.1) is 32.0 Å². The lowest BCUT2D eigenvalue weighted by Crippen LogP contribution is -2.44. The SMILES string of the molecule is COc1ccc2c(c1)[C@@](O)([C@H](C)/C=C/CC(=O)N1CCC[C@H]1CO)C(=O)N2Cc1cccc(N(C=O)c2ccccc2)c1. The van der Waals surface area contributed by atoms with E-state index >= 15 is 0 Å². The van der Waals surface area contributed by atoms with Crippen molar-refractivity contribution in [3.8, 4) is 5.75 Å². The number of hydrogen-bond acceptors (Lipinski definition) is 6. The smallest absolute Gasteiger partial charge is 0.264 e. The Hall–Kier alpha value is -4.47. The molecule has 0 aliphatic carbocycles. The van der Waals surface area contributed by atoms with Crippen LogP contribution in [0.1, 0.15) is 37.3 Å². The highest BCUT2D eigenvalue weighted by Crippen LogP contribution is 2.47. The van der Waals surface area contributed by atoms with E-state index in [4.69, 9.17) is 4.74 Å². The Morgan fingerprint density at radius 3 is 2.60 bits per heavy atom. The average Bonchev–Trinajstić information content (AvgIpc) is 3.60. The molecule has 0 aromatic heterocycles. The van der Waals surface area contributed by atoms with Crippen molar-refractivity contribution < 1.29 is 29.3 Å². The summed E-state index contributed by atoms with van der Waals surface area (Å²) in [5, 5.41) is 21.6. The van der Waals surface area contributed by atoms with E-state index in [0.29, 0.717) is 29.2 Å². The molecule has 3 aromatic rings. The normalized spacial score (nSPS) is 20.4. The van der Waals surface area contributed by atoms with Crippen LogP contribution in [0.3, 0.4) is 0 Å². The maximum Gasteiger partial charge on any atom is 0.264 e. The van der Waals surface area contributed by atoms with Gasteiger partial charge < -0.3 is 24.7 Å². The van der Waals surface area contributed by atoms with Crippen molar-refractivity contribution in [2.45, 2.75) is 44.4 Å². The van der Waals surface area contributed by atoms with Crippen molar-refractivity contribution in [3.63, 3.8) is 0 Å². The van der Waals surface area contributed by atoms with Crippen LogP contribution in [0.25, 0.3) is 0 Å². The topological polar surface area (TPSA) is 111 Å². The molecule has 9 heteroatoms. The monoisotopic (exact) mass is 583 g/mol. The Balaban J connectivity index is 1.40. The average molecular weight is 584 g/mol. The highest BCUT2D eigenvalue weighted by atomic mass is 16.5. The number of carbonyl (C=O) groups excluding carboxylic acids is 3. The van der Waals surface area contributed by atoms with Gasteiger partial charge in [0.25, 0.3) is 5.91 Å². The summed E-state index contributed by atoms with van der Waals surface area (Å²) in [6.07, 6.45) is 5.91. The van der Waals surface area contributed by atoms with Gasteiger partial charge in [0, 0.05) is 35.8 Å². The second-order valence-corrected chi connectivity index (χ2v) is 11.0. The first-order valence-electron chi connectivity index (χ1n) is 14.5. The van der Waals surface area contributed by atoms with Crippen molar-refractivity contribution in [2.24, 2.45) is 5.92 Å². The Kier molecular flexibility index (Phi) is 8.94. The van der Waals surface area contributed by atoms with Crippen LogP contribution in [0.15, 0.2) is 84.9 Å². The fourth-order valence-electron chi connectivity index (χ4n) is 6.04. The molecule has 224 valence electrons. The largest absolute Gasteiger partial charge is 0.497 e. The Bertz CT molecular complexity index is 1510. The van der Waals surface area contributed by atoms with Crippen LogP contribution in [0, 0.1) is 5.92 Å². The Morgan fingerprint density at radius 1 is 1.12 bits per heavy atom. The lowest BCUT2D eigenvalue weighted by Gasteiger charge is -2.28. The molecule has 2 N–H and O–H groups in total. The quantitative estimate of drug-likeness (QED) is 0.258. The second kappa shape index (κ2) is 12.8. The van der Waals surface area contributed by atoms with Crippen LogP contribution in [0.5, 0.6) is 5.75 Å². The molecule has 3 aromatic carbocycles. The molecule has 0 bridgehead atoms. The summed E-state index contributed by atoms with van der Waals surface area (Å²) in [6.45, 7) is 2.48. The number of amides is 3. The third-order valence-electron chi connectivity index (χ3n) is 8.43. The molecule has 0 spiro atoms. The van der Waals surface area contributed by atoms with Gasteiger partial charge in [0.1, 0.15) is 5.75 Å². The van der Waals surface area contributed by atoms with E-state index < -0.39 is 17.4 Å². The summed E-state index contributed by atoms with van der Waals surface area (Å²) >= 11 is 0. The molecule has 9 nitrogen and oxygen atoms in total. The van der Waals surface area contributed by atoms with Crippen molar-refractivity contribution in [1.29, 1.82) is 0 Å². The van der Waals surface area contributed by atoms with E-state index in [1.165, 1.54) is 12.0 Å². The van der Waals surface area contributed by atoms with Crippen molar-refractivity contribution in [2.75, 3.05) is 30.1 Å². The molecule has 3 atom stereocenters. The van der Waals surface area contributed by atoms with Gasteiger partial charge in [-0.25, -0.2) is 0 Å². The number of aliphatic hydroxyl groups excluding tert-OH is 1. The number of aliphatic hydroxyl groups is 2. The van der Waals surface area contributed by atoms with E-state index in [-0.39, 0.29) is 31.5 Å². The number of methoxy groups -OCH3 is 1. The van der Waals surface area contributed by atoms with Gasteiger partial charge in [-0.2, -0.15) is 0 Å². The molecule has 0 radical (unpaired) electrons. The predicted octanol–water partition coefficient (Wildman–Crippen LogP) is 4.29. The number of hydrogen-bond donors (Lipinski definition) is 2. The number of rotatable bonds is 11. The summed E-state index contributed by atoms with van der Waals surface area (Å²) in [4.78, 5) is 43.6. The zero-order valence-corrected chi connectivity index (χ0v) is 24.4. The lowest BCUT2D eigenvalue weighted by atomic mass is 9.83. The van der Waals surface area contributed by atoms with Crippen molar-refractivity contribution >= 4 is 35.3 Å². The number of carbonyl (C=O) groups is 3. The molecule has 2 heterocycles. The fourth-order valence-corrected chi connectivity index (χ4v) is 6.04. The summed E-state index contributed by atoms with van der Waals surface area (Å²) < 4.78 is 5.42. The molecule has 5 rings (SSSR count). The highest BCUT2D eigenvalue weighted by molar-refractivity contribution is 6.07. The standard InChI is InChI=1S/C34H37N3O6/c1-24(9-6-15-32(40)35-18-8-14-28(35)22-38)34(42)30-20-29(43-2)16-17-31(30)36(33(34)41)21-25-10-7-13-27(19-25)37(23-39)26-11-4-3-5-12-26/h3-7,9-13,16-17,19-20,23-24,28,38,42H,8,14-15,18,21-22H2,1-2H3/b9-6+/t24-,28+,34+/m1/s1. The summed E-state index contributed by atoms with van der Waals surface area (Å²) in [6, 6.07) is 21.7. The zero-order valence-electron chi connectivity index (χ0n) is 24.4. The number of nitrogens with zero attached hydrogens (tertiary/aromatic N) is 3. The maximum absolute atomic E-state index is 14.0. The number of ether oxygens (including phenoxy) is 1. The van der Waals surface area contributed by atoms with Crippen molar-refractivity contribution in [3.05, 3.63) is 96.1 Å². The first-order chi connectivity index (χ1) is 20.8. The van der Waals surface area contributed by atoms with Gasteiger partial charge in [-0.3, -0.25) is 19.3 Å². The molecular formula is C34H37N3O6. The minimum atomic E-state index is -1.89. The van der Waals surface area contributed by atoms with E-state index in [1.54, 1.807) is 47.1 Å². The van der Waals surface area contributed by atoms with Gasteiger partial charge in [-0.05, 0) is 60.9 Å². The maximum atomic E-state index is 14.0. The first kappa shape index (κ1) is 30.0. The Labute approximate surface area is 251 Å². The summed E-state index contributed by atoms with van der Waals surface area (Å²) in [7, 11) is 1.53. The van der Waals surface area contributed by atoms with Crippen LogP contribution < -0.4 is 14.5 Å². The summed E-state index contributed by atoms with van der Waals surface area (Å²) in [5.41, 5.74) is 1.24. The lowest BCUT2D eigenvalue weighted by molar-refractivity contribution is -0.139. The van der Waals surface area contributed by atoms with Crippen LogP contribution in [-0.4, -0.2) is 59.6 Å². The van der Waals surface area contributed by atoms with Gasteiger partial charge in [-0.15, -0.1) is 0 Å². The first-order valence-corrected chi connectivity index (χ1v) is 14.5. The molecule has 0 unspecified atom stereocenters. The van der Waals surface area contributed by atoms with Gasteiger partial charge >= 0.3 is 0 Å². The van der Waals surface area contributed by atoms with Gasteiger partial charge in [0.2, 0.25) is 12.3 Å². The molecule has 3 amide bonds. The fraction of sp³-hybridized carbons (Fsp3) is 0.324. The third-order valence-corrected chi connectivity index (χ3v) is 8.43. The molecule has 43 heavy (non-hydrogen) atoms. The van der Waals surface area contributed by atoms with Crippen LogP contribution in [-0.2, 0) is 26.5 Å². The number of fused-ring (bicyclic) bond motifs is 1. The molecular weight excluding hydrogens is 546 g/mol. The van der Waals surface area contributed by atoms with E-state index in [1.807, 2.05) is 54.6 Å². The predicted molar refractivity (Wildman–Crippen MR) is 164 cm³/mol. The van der Waals surface area contributed by atoms with E-state index in [2.05, 4.69) is 0 Å². The number of para-hydroxylation sites is 1. The van der Waals surface area contributed by atoms with Gasteiger partial charge in [-0.1, -0.05) is 49.4 Å². The van der Waals surface area contributed by atoms with Crippen LogP contribution in [0.2, 0.25) is 0 Å². The van der Waals surface area contributed by atoms with Crippen molar-refractivity contribution in [1.82, 2.24) is 4.90 Å². The third kappa shape index (κ3) is 5.78. The molecule has 2 aliphatic rings. The van der Waals surface area contributed by atoms with E-state index in [0.717, 1.165) is 30.5 Å². The molecule has 1 fully saturated rings. The zero-order chi connectivity index (χ0) is 30.6. The Morgan fingerprint density at radius 2 is 1.88 bits per heavy atom. The van der Waals surface area contributed by atoms with Gasteiger partial charge in [0.15, 0.2) is 5.60 Å². The minimum absolute atomic E-state index is 0.0586. The molecule has 1 saturated heterocycles. The number of benzene rings is 3. The highest BCUT2D eigenvalue weighted by Gasteiger charge is 2.52. The number of anilines is 3. The molecule has 0 saturated carbocycles. The van der Waals surface area contributed by atoms with Crippen LogP contribution >= 0.6 is 0 Å². The van der Waals surface area contributed by atoms with E-state index in [9.17, 15) is 24.6 Å². The number of likely N-dealkylation sites (tertiary alicyclic amines) is 1. The second-order valence-electron chi connectivity index (χ2n) is 11.0. The molecule has 2 aliphatic heterocycles. The van der Waals surface area contributed by atoms with Crippen LogP contribution in [0.4, 0.5) is 17.1 Å². The summed E-state index contributed by atoms with van der Waals surface area (Å²) in [5.74, 6) is -0.729. The minimum Gasteiger partial charge on any atom is -0.497 e.